The van der Waals surface area contributed by atoms with Gasteiger partial charge in [-0.2, -0.15) is 0 Å². The van der Waals surface area contributed by atoms with Crippen molar-refractivity contribution in [2.24, 2.45) is 0 Å². The molecular formula is C16H20FNO3. The Hall–Kier alpha value is -1.91. The molecule has 21 heavy (non-hydrogen) atoms. The number of amides is 1. The molecule has 1 atom stereocenters. The van der Waals surface area contributed by atoms with Crippen LogP contribution in [0.4, 0.5) is 4.39 Å². The predicted octanol–water partition coefficient (Wildman–Crippen LogP) is 2.83. The van der Waals surface area contributed by atoms with Crippen LogP contribution >= 0.6 is 0 Å². The summed E-state index contributed by atoms with van der Waals surface area (Å²) in [5.41, 5.74) is 0.681. The molecule has 0 unspecified atom stereocenters. The van der Waals surface area contributed by atoms with Crippen LogP contribution in [-0.4, -0.2) is 23.0 Å². The maximum atomic E-state index is 13.0. The average molecular weight is 293 g/mol. The summed E-state index contributed by atoms with van der Waals surface area (Å²) >= 11 is 0. The molecule has 0 aliphatic heterocycles. The highest BCUT2D eigenvalue weighted by atomic mass is 19.1. The maximum absolute atomic E-state index is 13.0. The molecule has 1 aromatic carbocycles. The van der Waals surface area contributed by atoms with Gasteiger partial charge in [0.2, 0.25) is 5.91 Å². The van der Waals surface area contributed by atoms with Crippen molar-refractivity contribution < 1.29 is 19.1 Å². The van der Waals surface area contributed by atoms with Gasteiger partial charge in [0.25, 0.3) is 0 Å². The third-order valence-corrected chi connectivity index (χ3v) is 3.91. The number of hydrogen-bond donors (Lipinski definition) is 2. The van der Waals surface area contributed by atoms with Crippen LogP contribution in [0, 0.1) is 5.82 Å². The van der Waals surface area contributed by atoms with Gasteiger partial charge in [0.05, 0.1) is 6.42 Å². The molecule has 0 heterocycles. The van der Waals surface area contributed by atoms with Crippen LogP contribution in [0.25, 0.3) is 0 Å². The minimum absolute atomic E-state index is 0.119. The molecular weight excluding hydrogens is 273 g/mol. The van der Waals surface area contributed by atoms with Crippen molar-refractivity contribution >= 4 is 11.9 Å². The van der Waals surface area contributed by atoms with Gasteiger partial charge >= 0.3 is 5.97 Å². The molecule has 5 heteroatoms. The fourth-order valence-electron chi connectivity index (χ4n) is 2.83. The molecule has 114 valence electrons. The van der Waals surface area contributed by atoms with Crippen LogP contribution in [0.15, 0.2) is 24.3 Å². The molecule has 1 aromatic rings. The first-order chi connectivity index (χ1) is 10.0. The van der Waals surface area contributed by atoms with Gasteiger partial charge < -0.3 is 10.4 Å². The second-order valence-corrected chi connectivity index (χ2v) is 5.60. The van der Waals surface area contributed by atoms with E-state index in [0.717, 1.165) is 25.7 Å². The Morgan fingerprint density at radius 1 is 1.19 bits per heavy atom. The first-order valence-corrected chi connectivity index (χ1v) is 7.31. The van der Waals surface area contributed by atoms with Crippen LogP contribution in [0.5, 0.6) is 0 Å². The lowest BCUT2D eigenvalue weighted by atomic mass is 9.92. The number of halogens is 1. The molecule has 0 saturated heterocycles. The minimum atomic E-state index is -0.960. The third-order valence-electron chi connectivity index (χ3n) is 3.91. The summed E-state index contributed by atoms with van der Waals surface area (Å²) in [6, 6.07) is 5.89. The second kappa shape index (κ2) is 7.20. The lowest BCUT2D eigenvalue weighted by molar-refractivity contribution is -0.137. The van der Waals surface area contributed by atoms with Gasteiger partial charge in [-0.25, -0.2) is 4.39 Å². The van der Waals surface area contributed by atoms with E-state index in [4.69, 9.17) is 5.11 Å². The minimum Gasteiger partial charge on any atom is -0.481 e. The monoisotopic (exact) mass is 293 g/mol. The Morgan fingerprint density at radius 2 is 1.81 bits per heavy atom. The number of carbonyl (C=O) groups excluding carboxylic acids is 1. The lowest BCUT2D eigenvalue weighted by Gasteiger charge is -2.17. The highest BCUT2D eigenvalue weighted by molar-refractivity contribution is 5.78. The molecule has 4 nitrogen and oxygen atoms in total. The Morgan fingerprint density at radius 3 is 2.38 bits per heavy atom. The number of aliphatic carboxylic acids is 1. The molecule has 1 amide bonds. The molecule has 0 aromatic heterocycles. The van der Waals surface area contributed by atoms with Gasteiger partial charge in [-0.05, 0) is 30.5 Å². The Labute approximate surface area is 123 Å². The van der Waals surface area contributed by atoms with E-state index in [0.29, 0.717) is 5.56 Å². The van der Waals surface area contributed by atoms with E-state index in [1.165, 1.54) is 12.1 Å². The molecule has 0 bridgehead atoms. The Kier molecular flexibility index (Phi) is 5.31. The van der Waals surface area contributed by atoms with E-state index in [9.17, 15) is 14.0 Å². The van der Waals surface area contributed by atoms with E-state index in [1.54, 1.807) is 12.1 Å². The molecule has 1 saturated carbocycles. The van der Waals surface area contributed by atoms with Crippen LogP contribution in [-0.2, 0) is 9.59 Å². The number of carboxylic acids is 1. The van der Waals surface area contributed by atoms with Crippen LogP contribution in [0.2, 0.25) is 0 Å². The van der Waals surface area contributed by atoms with E-state index in [2.05, 4.69) is 5.32 Å². The second-order valence-electron chi connectivity index (χ2n) is 5.60. The molecule has 0 spiro atoms. The van der Waals surface area contributed by atoms with Crippen LogP contribution in [0.1, 0.15) is 50.0 Å². The van der Waals surface area contributed by atoms with Crippen molar-refractivity contribution in [1.29, 1.82) is 0 Å². The highest BCUT2D eigenvalue weighted by Crippen LogP contribution is 2.25. The largest absolute Gasteiger partial charge is 0.481 e. The van der Waals surface area contributed by atoms with Gasteiger partial charge in [-0.15, -0.1) is 0 Å². The summed E-state index contributed by atoms with van der Waals surface area (Å²) in [7, 11) is 0. The van der Waals surface area contributed by atoms with Gasteiger partial charge in [0, 0.05) is 18.4 Å². The van der Waals surface area contributed by atoms with Gasteiger partial charge in [0.1, 0.15) is 5.82 Å². The number of benzene rings is 1. The van der Waals surface area contributed by atoms with Crippen molar-refractivity contribution in [2.75, 3.05) is 0 Å². The SMILES string of the molecule is O=C(O)C[C@@H](CC(=O)NC1CCCC1)c1ccc(F)cc1. The standard InChI is InChI=1S/C16H20FNO3/c17-13-7-5-11(6-8-13)12(10-16(20)21)9-15(19)18-14-3-1-2-4-14/h5-8,12,14H,1-4,9-10H2,(H,18,19)(H,20,21)/t12-/m1/s1. The summed E-state index contributed by atoms with van der Waals surface area (Å²) in [6.07, 6.45) is 4.22. The number of rotatable bonds is 6. The van der Waals surface area contributed by atoms with Crippen molar-refractivity contribution in [3.05, 3.63) is 35.6 Å². The molecule has 2 rings (SSSR count). The fourth-order valence-corrected chi connectivity index (χ4v) is 2.83. The lowest BCUT2D eigenvalue weighted by Crippen LogP contribution is -2.33. The van der Waals surface area contributed by atoms with Gasteiger partial charge in [0.15, 0.2) is 0 Å². The summed E-state index contributed by atoms with van der Waals surface area (Å²) in [4.78, 5) is 23.0. The van der Waals surface area contributed by atoms with Crippen molar-refractivity contribution in [1.82, 2.24) is 5.32 Å². The predicted molar refractivity (Wildman–Crippen MR) is 76.4 cm³/mol. The number of carbonyl (C=O) groups is 2. The first-order valence-electron chi connectivity index (χ1n) is 7.31. The van der Waals surface area contributed by atoms with Crippen molar-refractivity contribution in [3.63, 3.8) is 0 Å². The van der Waals surface area contributed by atoms with Crippen LogP contribution in [0.3, 0.4) is 0 Å². The quantitative estimate of drug-likeness (QED) is 0.847. The van der Waals surface area contributed by atoms with E-state index >= 15 is 0 Å². The van der Waals surface area contributed by atoms with E-state index < -0.39 is 11.9 Å². The summed E-state index contributed by atoms with van der Waals surface area (Å²) in [6.45, 7) is 0. The summed E-state index contributed by atoms with van der Waals surface area (Å²) < 4.78 is 13.0. The van der Waals surface area contributed by atoms with Crippen molar-refractivity contribution in [3.8, 4) is 0 Å². The normalized spacial score (nSPS) is 16.6. The summed E-state index contributed by atoms with van der Waals surface area (Å²) in [5, 5.41) is 11.9. The smallest absolute Gasteiger partial charge is 0.303 e. The third kappa shape index (κ3) is 4.85. The highest BCUT2D eigenvalue weighted by Gasteiger charge is 2.22. The van der Waals surface area contributed by atoms with E-state index in [1.807, 2.05) is 0 Å². The number of nitrogens with one attached hydrogen (secondary N) is 1. The Balaban J connectivity index is 1.99. The molecule has 1 fully saturated rings. The molecule has 1 aliphatic rings. The fraction of sp³-hybridized carbons (Fsp3) is 0.500. The Bertz CT molecular complexity index is 495. The first kappa shape index (κ1) is 15.5. The zero-order chi connectivity index (χ0) is 15.2. The number of hydrogen-bond acceptors (Lipinski definition) is 2. The number of carboxylic acid groups (broad SMARTS) is 1. The van der Waals surface area contributed by atoms with Crippen LogP contribution < -0.4 is 5.32 Å². The summed E-state index contributed by atoms with van der Waals surface area (Å²) in [5.74, 6) is -1.89. The maximum Gasteiger partial charge on any atom is 0.303 e. The molecule has 2 N–H and O–H groups in total. The molecule has 0 radical (unpaired) electrons. The topological polar surface area (TPSA) is 66.4 Å². The average Bonchev–Trinajstić information content (AvgIpc) is 2.91. The van der Waals surface area contributed by atoms with Gasteiger partial charge in [-0.1, -0.05) is 25.0 Å². The van der Waals surface area contributed by atoms with Crippen molar-refractivity contribution in [2.45, 2.75) is 50.5 Å². The van der Waals surface area contributed by atoms with Gasteiger partial charge in [-0.3, -0.25) is 9.59 Å². The zero-order valence-corrected chi connectivity index (χ0v) is 11.8. The van der Waals surface area contributed by atoms with E-state index in [-0.39, 0.29) is 30.6 Å². The molecule has 1 aliphatic carbocycles. The zero-order valence-electron chi connectivity index (χ0n) is 11.8.